The smallest absolute Gasteiger partial charge is 0.134 e. The third-order valence-electron chi connectivity index (χ3n) is 5.71. The zero-order valence-electron chi connectivity index (χ0n) is 10.9. The van der Waals surface area contributed by atoms with E-state index in [1.165, 1.54) is 35.1 Å². The van der Waals surface area contributed by atoms with Crippen molar-refractivity contribution in [1.29, 1.82) is 0 Å². The minimum absolute atomic E-state index is 0.171. The summed E-state index contributed by atoms with van der Waals surface area (Å²) in [6.07, 6.45) is 7.15. The molecule has 0 unspecified atom stereocenters. The van der Waals surface area contributed by atoms with E-state index in [4.69, 9.17) is 4.74 Å². The highest BCUT2D eigenvalue weighted by Crippen LogP contribution is 2.76. The van der Waals surface area contributed by atoms with Crippen LogP contribution in [-0.2, 0) is 4.74 Å². The molecule has 0 aromatic heterocycles. The fraction of sp³-hybridized carbons (Fsp3) is 0.333. The Balaban J connectivity index is 1.84. The lowest BCUT2D eigenvalue weighted by molar-refractivity contribution is 0.293. The van der Waals surface area contributed by atoms with Crippen LogP contribution in [0.2, 0.25) is 0 Å². The number of ether oxygens (including phenoxy) is 1. The van der Waals surface area contributed by atoms with Gasteiger partial charge in [0.2, 0.25) is 0 Å². The Hall–Kier alpha value is -1.60. The number of fused-ring (bicyclic) bond motifs is 2. The summed E-state index contributed by atoms with van der Waals surface area (Å²) in [6, 6.07) is 8.49. The highest BCUT2D eigenvalue weighted by molar-refractivity contribution is 5.97. The van der Waals surface area contributed by atoms with Gasteiger partial charge in [0, 0.05) is 11.8 Å². The van der Waals surface area contributed by atoms with Gasteiger partial charge in [0.05, 0.1) is 0 Å². The van der Waals surface area contributed by atoms with Crippen molar-refractivity contribution < 1.29 is 4.74 Å². The summed E-state index contributed by atoms with van der Waals surface area (Å²) in [6.45, 7) is 8.80. The highest BCUT2D eigenvalue weighted by atomic mass is 16.6. The molecule has 1 nitrogen and oxygen atoms in total. The number of hydrogen-bond donors (Lipinski definition) is 0. The van der Waals surface area contributed by atoms with Crippen LogP contribution in [0.4, 0.5) is 0 Å². The molecule has 0 amide bonds. The van der Waals surface area contributed by atoms with E-state index in [2.05, 4.69) is 49.6 Å². The maximum atomic E-state index is 6.45. The normalized spacial score (nSPS) is 44.6. The quantitative estimate of drug-likeness (QED) is 0.502. The van der Waals surface area contributed by atoms with Crippen molar-refractivity contribution in [2.75, 3.05) is 0 Å². The zero-order valence-corrected chi connectivity index (χ0v) is 10.9. The Labute approximate surface area is 113 Å². The second-order valence-corrected chi connectivity index (χ2v) is 6.25. The first-order valence-corrected chi connectivity index (χ1v) is 7.09. The predicted molar refractivity (Wildman–Crippen MR) is 76.4 cm³/mol. The van der Waals surface area contributed by atoms with Gasteiger partial charge in [-0.2, -0.15) is 0 Å². The molecular formula is C18H16O. The molecular weight excluding hydrogens is 232 g/mol. The van der Waals surface area contributed by atoms with E-state index in [0.717, 1.165) is 0 Å². The molecule has 1 heteroatoms. The molecule has 0 N–H and O–H groups in total. The fourth-order valence-electron chi connectivity index (χ4n) is 4.86. The number of benzene rings is 1. The highest BCUT2D eigenvalue weighted by Gasteiger charge is 2.82. The zero-order chi connectivity index (χ0) is 12.8. The van der Waals surface area contributed by atoms with E-state index in [9.17, 15) is 0 Å². The van der Waals surface area contributed by atoms with Crippen LogP contribution in [0.15, 0.2) is 49.6 Å². The Morgan fingerprint density at radius 3 is 1.79 bits per heavy atom. The summed E-state index contributed by atoms with van der Waals surface area (Å²) in [4.78, 5) is 0. The van der Waals surface area contributed by atoms with Crippen LogP contribution in [-0.4, -0.2) is 11.2 Å². The van der Waals surface area contributed by atoms with Crippen molar-refractivity contribution in [2.45, 2.75) is 24.0 Å². The van der Waals surface area contributed by atoms with E-state index in [1.54, 1.807) is 0 Å². The molecule has 0 radical (unpaired) electrons. The van der Waals surface area contributed by atoms with Crippen molar-refractivity contribution in [1.82, 2.24) is 0 Å². The summed E-state index contributed by atoms with van der Waals surface area (Å²) < 4.78 is 6.45. The van der Waals surface area contributed by atoms with E-state index in [1.807, 2.05) is 0 Å². The lowest BCUT2D eigenvalue weighted by atomic mass is 9.54. The van der Waals surface area contributed by atoms with Crippen molar-refractivity contribution in [3.05, 3.63) is 60.7 Å². The lowest BCUT2D eigenvalue weighted by Gasteiger charge is -2.44. The van der Waals surface area contributed by atoms with Gasteiger partial charge in [-0.05, 0) is 35.1 Å². The Morgan fingerprint density at radius 1 is 0.895 bits per heavy atom. The average Bonchev–Trinajstić information content (AvgIpc) is 3.22. The number of epoxide rings is 1. The van der Waals surface area contributed by atoms with Crippen LogP contribution >= 0.6 is 0 Å². The third kappa shape index (κ3) is 0.820. The molecule has 4 aliphatic carbocycles. The first-order chi connectivity index (χ1) is 9.22. The van der Waals surface area contributed by atoms with Crippen LogP contribution in [0.5, 0.6) is 0 Å². The summed E-state index contributed by atoms with van der Waals surface area (Å²) in [5, 5.41) is 0. The molecule has 6 rings (SSSR count). The largest absolute Gasteiger partial charge is 0.351 e. The summed E-state index contributed by atoms with van der Waals surface area (Å²) >= 11 is 0. The summed E-state index contributed by atoms with van der Waals surface area (Å²) in [5.41, 5.74) is 4.49. The Bertz CT molecular complexity index is 626. The summed E-state index contributed by atoms with van der Waals surface area (Å²) in [5.74, 6) is 0.963. The van der Waals surface area contributed by atoms with Crippen molar-refractivity contribution in [3.8, 4) is 0 Å². The molecule has 4 atom stereocenters. The van der Waals surface area contributed by atoms with Gasteiger partial charge in [0.15, 0.2) is 0 Å². The van der Waals surface area contributed by atoms with Gasteiger partial charge in [-0.3, -0.25) is 0 Å². The van der Waals surface area contributed by atoms with E-state index in [0.29, 0.717) is 11.8 Å². The van der Waals surface area contributed by atoms with Gasteiger partial charge in [-0.25, -0.2) is 0 Å². The molecule has 5 aliphatic rings. The second-order valence-electron chi connectivity index (χ2n) is 6.25. The minimum atomic E-state index is -0.171. The number of rotatable bonds is 0. The molecule has 1 saturated heterocycles. The van der Waals surface area contributed by atoms with Crippen LogP contribution in [0, 0.1) is 11.8 Å². The second kappa shape index (κ2) is 2.78. The minimum Gasteiger partial charge on any atom is -0.351 e. The number of hydrogen-bond acceptors (Lipinski definition) is 1. The van der Waals surface area contributed by atoms with Gasteiger partial charge in [0.25, 0.3) is 0 Å². The summed E-state index contributed by atoms with van der Waals surface area (Å²) in [7, 11) is 0. The molecule has 1 aromatic carbocycles. The maximum Gasteiger partial charge on any atom is 0.134 e. The first-order valence-electron chi connectivity index (χ1n) is 7.09. The monoisotopic (exact) mass is 248 g/mol. The molecule has 94 valence electrons. The van der Waals surface area contributed by atoms with E-state index in [-0.39, 0.29) is 11.2 Å². The van der Waals surface area contributed by atoms with Crippen LogP contribution < -0.4 is 0 Å². The standard InChI is InChI=1S/C18H16O/c1-11-15-5-3-4-6-16(15)12(2)18-14-9-7-13(8-10-14)17(11,18)19-18/h3-7,9,13-14H,1-2,8,10H2/t13-,14-,17+,18+/m0/s1. The fourth-order valence-corrected chi connectivity index (χ4v) is 4.86. The van der Waals surface area contributed by atoms with Crippen molar-refractivity contribution >= 4 is 11.1 Å². The van der Waals surface area contributed by atoms with Crippen molar-refractivity contribution in [3.63, 3.8) is 0 Å². The average molecular weight is 248 g/mol. The van der Waals surface area contributed by atoms with Gasteiger partial charge >= 0.3 is 0 Å². The first kappa shape index (κ1) is 10.2. The topological polar surface area (TPSA) is 12.5 Å². The lowest BCUT2D eigenvalue weighted by Crippen LogP contribution is -2.48. The molecule has 2 fully saturated rings. The Morgan fingerprint density at radius 2 is 1.37 bits per heavy atom. The van der Waals surface area contributed by atoms with Crippen molar-refractivity contribution in [2.24, 2.45) is 11.8 Å². The van der Waals surface area contributed by atoms with Gasteiger partial charge in [-0.15, -0.1) is 0 Å². The van der Waals surface area contributed by atoms with E-state index >= 15 is 0 Å². The molecule has 0 spiro atoms. The Kier molecular flexibility index (Phi) is 1.50. The van der Waals surface area contributed by atoms with Gasteiger partial charge < -0.3 is 4.74 Å². The molecule has 1 saturated carbocycles. The van der Waals surface area contributed by atoms with Crippen LogP contribution in [0.3, 0.4) is 0 Å². The molecule has 1 aliphatic heterocycles. The van der Waals surface area contributed by atoms with Crippen LogP contribution in [0.1, 0.15) is 24.0 Å². The van der Waals surface area contributed by atoms with Gasteiger partial charge in [-0.1, -0.05) is 49.6 Å². The molecule has 19 heavy (non-hydrogen) atoms. The third-order valence-corrected chi connectivity index (χ3v) is 5.71. The maximum absolute atomic E-state index is 6.45. The van der Waals surface area contributed by atoms with Gasteiger partial charge in [0.1, 0.15) is 11.2 Å². The van der Waals surface area contributed by atoms with Crippen LogP contribution in [0.25, 0.3) is 11.1 Å². The predicted octanol–water partition coefficient (Wildman–Crippen LogP) is 3.83. The molecule has 2 bridgehead atoms. The van der Waals surface area contributed by atoms with E-state index < -0.39 is 0 Å². The SMILES string of the molecule is C=C1c2ccccc2C(=C)[C@]23O[C@@]12[C@H]1C=C[C@H]3CC1. The molecule has 1 aromatic rings. The molecule has 1 heterocycles.